The number of piperidine rings is 2. The molecule has 3 aliphatic rings. The van der Waals surface area contributed by atoms with Gasteiger partial charge in [0.05, 0.1) is 42.4 Å². The molecule has 0 saturated carbocycles. The molecule has 4 heterocycles. The number of ketones is 2. The van der Waals surface area contributed by atoms with E-state index in [4.69, 9.17) is 14.0 Å². The molecule has 5 aromatic rings. The van der Waals surface area contributed by atoms with Crippen LogP contribution >= 0.6 is 0 Å². The van der Waals surface area contributed by atoms with Crippen LogP contribution in [0.4, 0.5) is 5.69 Å². The number of Topliss-reactive ketones (excluding diaryl/α,β-unsaturated/α-hetero) is 2. The number of aromatic amines is 1. The number of nitrogens with zero attached hydrogens (tertiary/aromatic N) is 5. The summed E-state index contributed by atoms with van der Waals surface area (Å²) in [5.41, 5.74) is 3.32. The maximum absolute atomic E-state index is 13.3. The van der Waals surface area contributed by atoms with E-state index in [2.05, 4.69) is 36.4 Å². The van der Waals surface area contributed by atoms with E-state index in [1.807, 2.05) is 47.4 Å². The molecule has 2 aliphatic heterocycles. The van der Waals surface area contributed by atoms with Gasteiger partial charge in [-0.2, -0.15) is 5.21 Å². The predicted octanol–water partition coefficient (Wildman–Crippen LogP) is 3.61. The molecule has 2 unspecified atom stereocenters. The van der Waals surface area contributed by atoms with Crippen LogP contribution in [0.25, 0.3) is 33.6 Å². The minimum absolute atomic E-state index is 0.00488. The van der Waals surface area contributed by atoms with Gasteiger partial charge in [0, 0.05) is 61.3 Å². The zero-order valence-electron chi connectivity index (χ0n) is 29.1. The van der Waals surface area contributed by atoms with Gasteiger partial charge < -0.3 is 24.2 Å². The van der Waals surface area contributed by atoms with E-state index in [0.29, 0.717) is 61.0 Å². The minimum atomic E-state index is -1.13. The highest BCUT2D eigenvalue weighted by molar-refractivity contribution is 6.30. The normalized spacial score (nSPS) is 18.9. The number of benzene rings is 3. The van der Waals surface area contributed by atoms with E-state index in [0.717, 1.165) is 16.5 Å². The van der Waals surface area contributed by atoms with Crippen molar-refractivity contribution >= 4 is 45.9 Å². The van der Waals surface area contributed by atoms with Crippen LogP contribution in [0, 0.1) is 11.8 Å². The molecule has 8 rings (SSSR count). The number of imide groups is 1. The molecule has 1 aliphatic carbocycles. The molecule has 3 amide bonds. The van der Waals surface area contributed by atoms with Gasteiger partial charge in [0.15, 0.2) is 17.3 Å². The number of anilines is 1. The third-order valence-electron chi connectivity index (χ3n) is 10.1. The number of nitrogens with one attached hydrogen (secondary N) is 3. The summed E-state index contributed by atoms with van der Waals surface area (Å²) in [5, 5.41) is 24.6. The highest BCUT2D eigenvalue weighted by atomic mass is 16.5. The van der Waals surface area contributed by atoms with E-state index in [-0.39, 0.29) is 55.6 Å². The Labute approximate surface area is 307 Å². The first kappa shape index (κ1) is 34.8. The van der Waals surface area contributed by atoms with E-state index in [1.54, 1.807) is 18.2 Å². The topological polar surface area (TPSA) is 212 Å². The maximum atomic E-state index is 13.3. The number of amides is 3. The summed E-state index contributed by atoms with van der Waals surface area (Å²) in [6.45, 7) is 1.99. The lowest BCUT2D eigenvalue weighted by molar-refractivity contribution is -0.137. The van der Waals surface area contributed by atoms with Crippen LogP contribution in [-0.4, -0.2) is 98.9 Å². The highest BCUT2D eigenvalue weighted by Crippen LogP contribution is 2.38. The van der Waals surface area contributed by atoms with Crippen LogP contribution in [0.2, 0.25) is 0 Å². The molecular weight excluding hydrogens is 696 g/mol. The van der Waals surface area contributed by atoms with Gasteiger partial charge in [-0.15, -0.1) is 10.2 Å². The van der Waals surface area contributed by atoms with Crippen LogP contribution in [0.15, 0.2) is 65.2 Å². The van der Waals surface area contributed by atoms with E-state index >= 15 is 0 Å². The zero-order valence-corrected chi connectivity index (χ0v) is 29.1. The molecular formula is C38H36N8O8. The van der Waals surface area contributed by atoms with Crippen LogP contribution in [-0.2, 0) is 19.1 Å². The molecule has 2 fully saturated rings. The fourth-order valence-corrected chi connectivity index (χ4v) is 7.38. The number of rotatable bonds is 12. The molecule has 276 valence electrons. The number of aromatic nitrogens is 5. The zero-order chi connectivity index (χ0) is 37.2. The number of carbonyl (C=O) groups excluding carboxylic acids is 5. The van der Waals surface area contributed by atoms with Crippen molar-refractivity contribution in [2.75, 3.05) is 38.2 Å². The number of fused-ring (bicyclic) bond motifs is 2. The number of carbonyl (C=O) groups is 5. The Kier molecular flexibility index (Phi) is 9.65. The van der Waals surface area contributed by atoms with Gasteiger partial charge in [0.1, 0.15) is 17.4 Å². The summed E-state index contributed by atoms with van der Waals surface area (Å²) in [7, 11) is 0. The van der Waals surface area contributed by atoms with Crippen LogP contribution < -0.4 is 15.4 Å². The monoisotopic (exact) mass is 732 g/mol. The Bertz CT molecular complexity index is 2240. The Morgan fingerprint density at radius 1 is 0.944 bits per heavy atom. The molecule has 2 saturated heterocycles. The molecule has 0 bridgehead atoms. The van der Waals surface area contributed by atoms with Gasteiger partial charge in [-0.1, -0.05) is 29.4 Å². The van der Waals surface area contributed by atoms with Crippen molar-refractivity contribution in [1.29, 1.82) is 0 Å². The SMILES string of the molecule is O=C1CCC(C2C(=O)c3cccc(NCCOCCC(=O)N4CCC(Oc5cccc(-c6onc7ccc(-c8nn[nH]n8)cc67)c5)CC4)c3C2=O)C(=O)N1. The third-order valence-corrected chi connectivity index (χ3v) is 10.1. The van der Waals surface area contributed by atoms with Gasteiger partial charge in [0.25, 0.3) is 0 Å². The fraction of sp³-hybridized carbons (Fsp3) is 0.342. The quantitative estimate of drug-likeness (QED) is 0.0952. The summed E-state index contributed by atoms with van der Waals surface area (Å²) in [4.78, 5) is 65.2. The van der Waals surface area contributed by atoms with Crippen molar-refractivity contribution in [1.82, 2.24) is 36.0 Å². The molecule has 2 atom stereocenters. The standard InChI is InChI=1S/C38H36N8O8/c47-30-10-8-26(38(51)40-30)33-34(49)25-5-2-6-29(32(25)35(33)50)39-14-18-52-17-13-31(48)46-15-11-23(12-16-46)53-24-4-1-3-21(19-24)36-27-20-22(37-41-44-45-42-37)7-9-28(27)43-54-36/h1-7,9,19-20,23,26,33,39H,8,10-18H2,(H,40,47,51)(H,41,42,44,45). The molecule has 16 nitrogen and oxygen atoms in total. The number of hydrogen-bond acceptors (Lipinski definition) is 13. The Morgan fingerprint density at radius 2 is 1.80 bits per heavy atom. The largest absolute Gasteiger partial charge is 0.490 e. The number of hydrogen-bond donors (Lipinski definition) is 3. The van der Waals surface area contributed by atoms with E-state index < -0.39 is 35.2 Å². The molecule has 0 radical (unpaired) electrons. The molecule has 3 aromatic carbocycles. The third kappa shape index (κ3) is 6.94. The number of H-pyrrole nitrogens is 1. The van der Waals surface area contributed by atoms with Gasteiger partial charge in [-0.05, 0) is 48.0 Å². The summed E-state index contributed by atoms with van der Waals surface area (Å²) < 4.78 is 17.8. The molecule has 0 spiro atoms. The number of tetrazole rings is 1. The number of ether oxygens (including phenoxy) is 2. The predicted molar refractivity (Wildman–Crippen MR) is 191 cm³/mol. The number of likely N-dealkylation sites (tertiary alicyclic amines) is 1. The smallest absolute Gasteiger partial charge is 0.230 e. The Morgan fingerprint density at radius 3 is 2.61 bits per heavy atom. The lowest BCUT2D eigenvalue weighted by atomic mass is 9.82. The van der Waals surface area contributed by atoms with Crippen LogP contribution in [0.3, 0.4) is 0 Å². The molecule has 2 aromatic heterocycles. The summed E-state index contributed by atoms with van der Waals surface area (Å²) in [6.07, 6.45) is 1.80. The minimum Gasteiger partial charge on any atom is -0.490 e. The lowest BCUT2D eigenvalue weighted by Crippen LogP contribution is -2.46. The van der Waals surface area contributed by atoms with E-state index in [9.17, 15) is 24.0 Å². The van der Waals surface area contributed by atoms with Crippen molar-refractivity contribution in [3.05, 3.63) is 71.8 Å². The Hall–Kier alpha value is -6.29. The van der Waals surface area contributed by atoms with E-state index in [1.165, 1.54) is 0 Å². The second-order valence-electron chi connectivity index (χ2n) is 13.5. The second kappa shape index (κ2) is 15.0. The average molecular weight is 733 g/mol. The lowest BCUT2D eigenvalue weighted by Gasteiger charge is -2.32. The highest BCUT2D eigenvalue weighted by Gasteiger charge is 2.48. The first-order chi connectivity index (χ1) is 26.3. The van der Waals surface area contributed by atoms with Crippen molar-refractivity contribution in [3.63, 3.8) is 0 Å². The molecule has 3 N–H and O–H groups in total. The molecule has 16 heteroatoms. The van der Waals surface area contributed by atoms with Gasteiger partial charge in [-0.25, -0.2) is 0 Å². The van der Waals surface area contributed by atoms with Crippen LogP contribution in [0.1, 0.15) is 52.8 Å². The average Bonchev–Trinajstić information content (AvgIpc) is 3.93. The second-order valence-corrected chi connectivity index (χ2v) is 13.5. The first-order valence-electron chi connectivity index (χ1n) is 17.9. The van der Waals surface area contributed by atoms with Gasteiger partial charge >= 0.3 is 0 Å². The van der Waals surface area contributed by atoms with Gasteiger partial charge in [0.2, 0.25) is 23.5 Å². The van der Waals surface area contributed by atoms with Crippen molar-refractivity contribution in [2.24, 2.45) is 11.8 Å². The van der Waals surface area contributed by atoms with Crippen molar-refractivity contribution < 1.29 is 38.0 Å². The summed E-state index contributed by atoms with van der Waals surface area (Å²) >= 11 is 0. The Balaban J connectivity index is 0.776. The fourth-order valence-electron chi connectivity index (χ4n) is 7.38. The van der Waals surface area contributed by atoms with Crippen LogP contribution in [0.5, 0.6) is 5.75 Å². The molecule has 54 heavy (non-hydrogen) atoms. The first-order valence-corrected chi connectivity index (χ1v) is 17.9. The van der Waals surface area contributed by atoms with Crippen molar-refractivity contribution in [2.45, 2.75) is 38.2 Å². The summed E-state index contributed by atoms with van der Waals surface area (Å²) in [5.74, 6) is -2.02. The van der Waals surface area contributed by atoms with Gasteiger partial charge in [-0.3, -0.25) is 29.3 Å². The van der Waals surface area contributed by atoms with Crippen molar-refractivity contribution in [3.8, 4) is 28.5 Å². The maximum Gasteiger partial charge on any atom is 0.230 e. The summed E-state index contributed by atoms with van der Waals surface area (Å²) in [6, 6.07) is 18.3.